The van der Waals surface area contributed by atoms with Crippen LogP contribution in [0.25, 0.3) is 0 Å². The van der Waals surface area contributed by atoms with Crippen LogP contribution in [-0.2, 0) is 6.54 Å². The van der Waals surface area contributed by atoms with Crippen molar-refractivity contribution in [3.63, 3.8) is 0 Å². The molecule has 22 heavy (non-hydrogen) atoms. The Kier molecular flexibility index (Phi) is 4.52. The van der Waals surface area contributed by atoms with Crippen molar-refractivity contribution in [3.8, 4) is 0 Å². The Morgan fingerprint density at radius 2 is 2.14 bits per heavy atom. The topological polar surface area (TPSA) is 65.6 Å². The number of rotatable bonds is 6. The van der Waals surface area contributed by atoms with Crippen LogP contribution in [0.1, 0.15) is 57.2 Å². The molecular weight excluding hydrogens is 280 g/mol. The average Bonchev–Trinajstić information content (AvgIpc) is 3.18. The zero-order valence-electron chi connectivity index (χ0n) is 14.0. The molecule has 0 aromatic carbocycles. The molecule has 2 aliphatic rings. The van der Waals surface area contributed by atoms with Crippen molar-refractivity contribution in [1.29, 1.82) is 0 Å². The second kappa shape index (κ2) is 6.26. The minimum absolute atomic E-state index is 0.481. The highest BCUT2D eigenvalue weighted by molar-refractivity contribution is 5.01. The number of likely N-dealkylation sites (N-methyl/N-ethyl adjacent to an activating group) is 1. The number of nitrogens with zero attached hydrogens (tertiary/aromatic N) is 4. The number of hydrogen-bond donors (Lipinski definition) is 1. The number of aromatic nitrogens is 2. The van der Waals surface area contributed by atoms with Crippen molar-refractivity contribution < 1.29 is 9.63 Å². The molecule has 1 aromatic heterocycles. The van der Waals surface area contributed by atoms with E-state index in [2.05, 4.69) is 27.0 Å². The molecule has 0 amide bonds. The lowest BCUT2D eigenvalue weighted by atomic mass is 10.0. The molecule has 0 radical (unpaired) electrons. The van der Waals surface area contributed by atoms with Gasteiger partial charge in [-0.25, -0.2) is 0 Å². The van der Waals surface area contributed by atoms with Crippen molar-refractivity contribution >= 4 is 0 Å². The van der Waals surface area contributed by atoms with Crippen LogP contribution in [0, 0.1) is 0 Å². The molecule has 124 valence electrons. The molecule has 0 bridgehead atoms. The predicted molar refractivity (Wildman–Crippen MR) is 83.5 cm³/mol. The summed E-state index contributed by atoms with van der Waals surface area (Å²) in [6.07, 6.45) is 4.74. The van der Waals surface area contributed by atoms with Gasteiger partial charge in [0.15, 0.2) is 5.82 Å². The SMILES string of the molecule is CN(CC(C)(C)O)C1CCCN(Cc2noc(C3CC3)n2)C1. The van der Waals surface area contributed by atoms with Gasteiger partial charge in [0.1, 0.15) is 0 Å². The molecule has 6 heteroatoms. The molecule has 1 aromatic rings. The Morgan fingerprint density at radius 3 is 2.82 bits per heavy atom. The standard InChI is InChI=1S/C16H28N4O2/c1-16(2,21)11-19(3)13-5-4-8-20(9-13)10-14-17-15(22-18-14)12-6-7-12/h12-13,21H,4-11H2,1-3H3. The van der Waals surface area contributed by atoms with Crippen LogP contribution >= 0.6 is 0 Å². The summed E-state index contributed by atoms with van der Waals surface area (Å²) in [6, 6.07) is 0.481. The van der Waals surface area contributed by atoms with Crippen molar-refractivity contribution in [1.82, 2.24) is 19.9 Å². The first-order chi connectivity index (χ1) is 10.4. The highest BCUT2D eigenvalue weighted by Crippen LogP contribution is 2.38. The number of piperidine rings is 1. The quantitative estimate of drug-likeness (QED) is 0.861. The normalized spacial score (nSPS) is 24.1. The van der Waals surface area contributed by atoms with Gasteiger partial charge in [0.2, 0.25) is 5.89 Å². The van der Waals surface area contributed by atoms with Crippen LogP contribution in [0.4, 0.5) is 0 Å². The molecule has 2 fully saturated rings. The van der Waals surface area contributed by atoms with E-state index in [0.717, 1.165) is 31.3 Å². The molecular formula is C16H28N4O2. The summed E-state index contributed by atoms with van der Waals surface area (Å²) in [7, 11) is 2.10. The first-order valence-electron chi connectivity index (χ1n) is 8.38. The molecule has 1 atom stereocenters. The highest BCUT2D eigenvalue weighted by atomic mass is 16.5. The highest BCUT2D eigenvalue weighted by Gasteiger charge is 2.31. The van der Waals surface area contributed by atoms with Crippen LogP contribution < -0.4 is 0 Å². The molecule has 1 N–H and O–H groups in total. The van der Waals surface area contributed by atoms with Crippen LogP contribution in [-0.4, -0.2) is 63.4 Å². The summed E-state index contributed by atoms with van der Waals surface area (Å²) in [5, 5.41) is 14.1. The summed E-state index contributed by atoms with van der Waals surface area (Å²) in [5.74, 6) is 2.16. The van der Waals surface area contributed by atoms with Gasteiger partial charge < -0.3 is 9.63 Å². The van der Waals surface area contributed by atoms with E-state index < -0.39 is 5.60 Å². The van der Waals surface area contributed by atoms with E-state index >= 15 is 0 Å². The summed E-state index contributed by atoms with van der Waals surface area (Å²) in [6.45, 7) is 7.27. The third-order valence-electron chi connectivity index (χ3n) is 4.52. The van der Waals surface area contributed by atoms with Crippen molar-refractivity contribution in [3.05, 3.63) is 11.7 Å². The predicted octanol–water partition coefficient (Wildman–Crippen LogP) is 1.61. The molecule has 3 rings (SSSR count). The molecule has 1 saturated carbocycles. The molecule has 1 saturated heterocycles. The van der Waals surface area contributed by atoms with Gasteiger partial charge in [-0.05, 0) is 53.1 Å². The fraction of sp³-hybridized carbons (Fsp3) is 0.875. The first kappa shape index (κ1) is 15.9. The van der Waals surface area contributed by atoms with Gasteiger partial charge in [-0.3, -0.25) is 9.80 Å². The molecule has 6 nitrogen and oxygen atoms in total. The minimum Gasteiger partial charge on any atom is -0.389 e. The van der Waals surface area contributed by atoms with Crippen molar-refractivity contribution in [2.24, 2.45) is 0 Å². The Hall–Kier alpha value is -0.980. The lowest BCUT2D eigenvalue weighted by Crippen LogP contribution is -2.49. The van der Waals surface area contributed by atoms with E-state index in [-0.39, 0.29) is 0 Å². The fourth-order valence-corrected chi connectivity index (χ4v) is 3.30. The van der Waals surface area contributed by atoms with Crippen LogP contribution in [0.5, 0.6) is 0 Å². The number of hydrogen-bond acceptors (Lipinski definition) is 6. The van der Waals surface area contributed by atoms with Gasteiger partial charge in [-0.15, -0.1) is 0 Å². The zero-order chi connectivity index (χ0) is 15.7. The second-order valence-corrected chi connectivity index (χ2v) is 7.58. The van der Waals surface area contributed by atoms with Gasteiger partial charge >= 0.3 is 0 Å². The van der Waals surface area contributed by atoms with Gasteiger partial charge in [0.05, 0.1) is 12.1 Å². The van der Waals surface area contributed by atoms with Crippen molar-refractivity contribution in [2.45, 2.75) is 63.6 Å². The van der Waals surface area contributed by atoms with Gasteiger partial charge in [0.25, 0.3) is 0 Å². The average molecular weight is 308 g/mol. The Labute approximate surface area is 132 Å². The van der Waals surface area contributed by atoms with Crippen LogP contribution in [0.3, 0.4) is 0 Å². The zero-order valence-corrected chi connectivity index (χ0v) is 14.0. The van der Waals surface area contributed by atoms with E-state index in [0.29, 0.717) is 18.5 Å². The fourth-order valence-electron chi connectivity index (χ4n) is 3.30. The molecule has 1 aliphatic heterocycles. The monoisotopic (exact) mass is 308 g/mol. The third kappa shape index (κ3) is 4.27. The van der Waals surface area contributed by atoms with E-state index in [1.165, 1.54) is 25.7 Å². The third-order valence-corrected chi connectivity index (χ3v) is 4.52. The summed E-state index contributed by atoms with van der Waals surface area (Å²) < 4.78 is 5.34. The summed E-state index contributed by atoms with van der Waals surface area (Å²) >= 11 is 0. The Morgan fingerprint density at radius 1 is 1.36 bits per heavy atom. The summed E-state index contributed by atoms with van der Waals surface area (Å²) in [4.78, 5) is 9.20. The maximum Gasteiger partial charge on any atom is 0.229 e. The van der Waals surface area contributed by atoms with Crippen LogP contribution in [0.15, 0.2) is 4.52 Å². The smallest absolute Gasteiger partial charge is 0.229 e. The molecule has 2 heterocycles. The minimum atomic E-state index is -0.649. The number of aliphatic hydroxyl groups is 1. The maximum atomic E-state index is 9.99. The second-order valence-electron chi connectivity index (χ2n) is 7.58. The largest absolute Gasteiger partial charge is 0.389 e. The van der Waals surface area contributed by atoms with E-state index in [4.69, 9.17) is 4.52 Å². The maximum absolute atomic E-state index is 9.99. The lowest BCUT2D eigenvalue weighted by Gasteiger charge is -2.39. The van der Waals surface area contributed by atoms with Gasteiger partial charge in [0, 0.05) is 25.0 Å². The first-order valence-corrected chi connectivity index (χ1v) is 8.38. The lowest BCUT2D eigenvalue weighted by molar-refractivity contribution is 0.0147. The van der Waals surface area contributed by atoms with E-state index in [1.807, 2.05) is 13.8 Å². The van der Waals surface area contributed by atoms with Gasteiger partial charge in [-0.1, -0.05) is 5.16 Å². The molecule has 0 spiro atoms. The van der Waals surface area contributed by atoms with E-state index in [1.54, 1.807) is 0 Å². The summed E-state index contributed by atoms with van der Waals surface area (Å²) in [5.41, 5.74) is -0.649. The number of likely N-dealkylation sites (tertiary alicyclic amines) is 1. The van der Waals surface area contributed by atoms with Gasteiger partial charge in [-0.2, -0.15) is 4.98 Å². The Balaban J connectivity index is 1.53. The molecule has 1 aliphatic carbocycles. The molecule has 1 unspecified atom stereocenters. The van der Waals surface area contributed by atoms with E-state index in [9.17, 15) is 5.11 Å². The Bertz CT molecular complexity index is 493. The van der Waals surface area contributed by atoms with Crippen molar-refractivity contribution in [2.75, 3.05) is 26.7 Å². The van der Waals surface area contributed by atoms with Crippen LogP contribution in [0.2, 0.25) is 0 Å².